The maximum absolute atomic E-state index is 11.7. The highest BCUT2D eigenvalue weighted by atomic mass is 31.2. The van der Waals surface area contributed by atoms with Crippen LogP contribution in [0.4, 0.5) is 5.82 Å². The van der Waals surface area contributed by atoms with Crippen molar-refractivity contribution in [2.24, 2.45) is 0 Å². The van der Waals surface area contributed by atoms with Crippen LogP contribution >= 0.6 is 7.60 Å². The van der Waals surface area contributed by atoms with Crippen LogP contribution in [0.1, 0.15) is 17.0 Å². The Bertz CT molecular complexity index is 1420. The molecule has 0 aliphatic carbocycles. The average Bonchev–Trinajstić information content (AvgIpc) is 3.45. The predicted molar refractivity (Wildman–Crippen MR) is 124 cm³/mol. The van der Waals surface area contributed by atoms with Gasteiger partial charge in [0.25, 0.3) is 0 Å². The number of benzene rings is 2. The molecular formula is C23H20N5O4P. The lowest BCUT2D eigenvalue weighted by atomic mass is 9.91. The number of nitrogens with zero attached hydrogens (tertiary/aromatic N) is 4. The van der Waals surface area contributed by atoms with Gasteiger partial charge in [0.2, 0.25) is 5.50 Å². The van der Waals surface area contributed by atoms with E-state index in [1.807, 2.05) is 41.0 Å². The van der Waals surface area contributed by atoms with Gasteiger partial charge in [0, 0.05) is 12.5 Å². The first kappa shape index (κ1) is 21.1. The highest BCUT2D eigenvalue weighted by molar-refractivity contribution is 7.59. The highest BCUT2D eigenvalue weighted by Gasteiger charge is 2.26. The van der Waals surface area contributed by atoms with Gasteiger partial charge < -0.3 is 24.5 Å². The Morgan fingerprint density at radius 1 is 0.939 bits per heavy atom. The number of nitrogens with two attached hydrogens (primary N) is 1. The average molecular weight is 461 g/mol. The molecular weight excluding hydrogens is 441 g/mol. The van der Waals surface area contributed by atoms with E-state index in [0.29, 0.717) is 23.5 Å². The summed E-state index contributed by atoms with van der Waals surface area (Å²) in [5.74, 6) is 0.702. The van der Waals surface area contributed by atoms with Crippen LogP contribution in [0.5, 0.6) is 0 Å². The molecule has 166 valence electrons. The van der Waals surface area contributed by atoms with Crippen molar-refractivity contribution in [3.63, 3.8) is 0 Å². The van der Waals surface area contributed by atoms with E-state index in [-0.39, 0.29) is 17.5 Å². The van der Waals surface area contributed by atoms with E-state index in [2.05, 4.69) is 39.2 Å². The standard InChI is InChI=1S/C23H20N5O4P/c24-21-20-23(26-14-25-21)28(22(27-20)18-11-12-19(32-18)33(29,30)31)13-17(15-7-3-1-4-8-15)16-9-5-2-6-10-16/h1-12,14,17H,13H2,(H2,24,25,26)(H2,29,30,31). The van der Waals surface area contributed by atoms with Crippen LogP contribution < -0.4 is 11.2 Å². The van der Waals surface area contributed by atoms with Crippen LogP contribution in [0.25, 0.3) is 22.7 Å². The van der Waals surface area contributed by atoms with Crippen molar-refractivity contribution >= 4 is 30.1 Å². The molecule has 0 aliphatic rings. The number of nitrogen functional groups attached to an aromatic ring is 1. The SMILES string of the molecule is Nc1ncnc2c1nc(-c1ccc(P(=O)(O)O)o1)n2CC(c1ccccc1)c1ccccc1. The number of rotatable bonds is 6. The molecule has 5 rings (SSSR count). The lowest BCUT2D eigenvalue weighted by Gasteiger charge is -2.20. The molecule has 0 spiro atoms. The first-order valence-corrected chi connectivity index (χ1v) is 11.8. The van der Waals surface area contributed by atoms with Gasteiger partial charge in [-0.15, -0.1) is 0 Å². The van der Waals surface area contributed by atoms with Gasteiger partial charge in [-0.3, -0.25) is 4.57 Å². The Kier molecular flexibility index (Phi) is 5.30. The molecule has 0 aliphatic heterocycles. The number of fused-ring (bicyclic) bond motifs is 1. The molecule has 0 atom stereocenters. The molecule has 0 saturated carbocycles. The number of anilines is 1. The Hall–Kier alpha value is -3.78. The highest BCUT2D eigenvalue weighted by Crippen LogP contribution is 2.37. The molecule has 4 N–H and O–H groups in total. The van der Waals surface area contributed by atoms with Crippen molar-refractivity contribution in [3.8, 4) is 11.6 Å². The molecule has 0 bridgehead atoms. The fourth-order valence-electron chi connectivity index (χ4n) is 3.88. The zero-order valence-electron chi connectivity index (χ0n) is 17.3. The maximum atomic E-state index is 11.7. The van der Waals surface area contributed by atoms with E-state index < -0.39 is 13.1 Å². The second kappa shape index (κ2) is 8.29. The van der Waals surface area contributed by atoms with Crippen LogP contribution in [0.15, 0.2) is 83.5 Å². The number of hydrogen-bond donors (Lipinski definition) is 3. The van der Waals surface area contributed by atoms with Crippen LogP contribution in [0, 0.1) is 0 Å². The van der Waals surface area contributed by atoms with E-state index >= 15 is 0 Å². The lowest BCUT2D eigenvalue weighted by molar-refractivity contribution is 0.377. The van der Waals surface area contributed by atoms with E-state index in [4.69, 9.17) is 10.2 Å². The summed E-state index contributed by atoms with van der Waals surface area (Å²) in [4.78, 5) is 32.0. The van der Waals surface area contributed by atoms with Gasteiger partial charge in [0.15, 0.2) is 28.6 Å². The van der Waals surface area contributed by atoms with Crippen molar-refractivity contribution in [1.29, 1.82) is 0 Å². The zero-order valence-corrected chi connectivity index (χ0v) is 18.2. The molecule has 0 saturated heterocycles. The van der Waals surface area contributed by atoms with E-state index in [1.54, 1.807) is 0 Å². The summed E-state index contributed by atoms with van der Waals surface area (Å²) in [6, 6.07) is 22.8. The third-order valence-corrected chi connectivity index (χ3v) is 6.24. The first-order chi connectivity index (χ1) is 15.9. The van der Waals surface area contributed by atoms with E-state index in [9.17, 15) is 14.4 Å². The molecule has 0 unspecified atom stereocenters. The monoisotopic (exact) mass is 461 g/mol. The molecule has 3 aromatic heterocycles. The molecule has 0 amide bonds. The third kappa shape index (κ3) is 4.05. The molecule has 33 heavy (non-hydrogen) atoms. The predicted octanol–water partition coefficient (Wildman–Crippen LogP) is 3.30. The quantitative estimate of drug-likeness (QED) is 0.327. The second-order valence-corrected chi connectivity index (χ2v) is 9.06. The summed E-state index contributed by atoms with van der Waals surface area (Å²) in [6.45, 7) is 0.433. The van der Waals surface area contributed by atoms with Crippen LogP contribution in [-0.2, 0) is 11.1 Å². The van der Waals surface area contributed by atoms with Crippen molar-refractivity contribution in [3.05, 3.63) is 90.3 Å². The first-order valence-electron chi connectivity index (χ1n) is 10.1. The number of aromatic nitrogens is 4. The summed E-state index contributed by atoms with van der Waals surface area (Å²) in [6.07, 6.45) is 1.36. The van der Waals surface area contributed by atoms with Crippen molar-refractivity contribution < 1.29 is 18.8 Å². The smallest absolute Gasteiger partial charge is 0.391 e. The molecule has 0 radical (unpaired) electrons. The van der Waals surface area contributed by atoms with Crippen molar-refractivity contribution in [2.45, 2.75) is 12.5 Å². The molecule has 0 fully saturated rings. The van der Waals surface area contributed by atoms with Gasteiger partial charge in [-0.25, -0.2) is 15.0 Å². The Morgan fingerprint density at radius 3 is 2.15 bits per heavy atom. The second-order valence-electron chi connectivity index (χ2n) is 7.53. The van der Waals surface area contributed by atoms with Gasteiger partial charge in [-0.1, -0.05) is 60.7 Å². The molecule has 10 heteroatoms. The zero-order chi connectivity index (χ0) is 23.0. The largest absolute Gasteiger partial charge is 0.445 e. The van der Waals surface area contributed by atoms with Gasteiger partial charge >= 0.3 is 7.60 Å². The van der Waals surface area contributed by atoms with E-state index in [1.165, 1.54) is 18.5 Å². The van der Waals surface area contributed by atoms with Crippen molar-refractivity contribution in [1.82, 2.24) is 19.5 Å². The minimum Gasteiger partial charge on any atom is -0.445 e. The lowest BCUT2D eigenvalue weighted by Crippen LogP contribution is -2.12. The molecule has 2 aromatic carbocycles. The topological polar surface area (TPSA) is 140 Å². The van der Waals surface area contributed by atoms with Crippen LogP contribution in [0.3, 0.4) is 0 Å². The number of imidazole rings is 1. The van der Waals surface area contributed by atoms with E-state index in [0.717, 1.165) is 11.1 Å². The summed E-state index contributed by atoms with van der Waals surface area (Å²) >= 11 is 0. The summed E-state index contributed by atoms with van der Waals surface area (Å²) in [7, 11) is -4.56. The Morgan fingerprint density at radius 2 is 1.58 bits per heavy atom. The Labute approximate surface area is 188 Å². The van der Waals surface area contributed by atoms with Gasteiger partial charge in [-0.05, 0) is 23.3 Å². The minimum atomic E-state index is -4.56. The van der Waals surface area contributed by atoms with Crippen molar-refractivity contribution in [2.75, 3.05) is 5.73 Å². The molecule has 5 aromatic rings. The Balaban J connectivity index is 1.69. The summed E-state index contributed by atoms with van der Waals surface area (Å²) in [5, 5.41) is 0. The van der Waals surface area contributed by atoms with Crippen LogP contribution in [-0.4, -0.2) is 29.3 Å². The summed E-state index contributed by atoms with van der Waals surface area (Å²) < 4.78 is 19.0. The number of hydrogen-bond acceptors (Lipinski definition) is 6. The van der Waals surface area contributed by atoms with Gasteiger partial charge in [-0.2, -0.15) is 0 Å². The molecule has 9 nitrogen and oxygen atoms in total. The maximum Gasteiger partial charge on any atom is 0.391 e. The molecule has 3 heterocycles. The fraction of sp³-hybridized carbons (Fsp3) is 0.0870. The fourth-order valence-corrected chi connectivity index (χ4v) is 4.36. The minimum absolute atomic E-state index is 0.0593. The summed E-state index contributed by atoms with van der Waals surface area (Å²) in [5.41, 5.74) is 8.71. The van der Waals surface area contributed by atoms with Crippen LogP contribution in [0.2, 0.25) is 0 Å². The number of furan rings is 1. The third-order valence-electron chi connectivity index (χ3n) is 5.43. The normalized spacial score (nSPS) is 12.0. The van der Waals surface area contributed by atoms with Gasteiger partial charge in [0.1, 0.15) is 6.33 Å². The van der Waals surface area contributed by atoms with Gasteiger partial charge in [0.05, 0.1) is 0 Å².